The fourth-order valence-electron chi connectivity index (χ4n) is 4.47. The first-order valence-electron chi connectivity index (χ1n) is 11.2. The second-order valence-electron chi connectivity index (χ2n) is 8.80. The number of anilines is 1. The van der Waals surface area contributed by atoms with Crippen molar-refractivity contribution in [2.75, 3.05) is 25.0 Å². The Balaban J connectivity index is 1.43. The lowest BCUT2D eigenvalue weighted by molar-refractivity contribution is 0.0906. The zero-order valence-electron chi connectivity index (χ0n) is 18.9. The van der Waals surface area contributed by atoms with Crippen LogP contribution in [0.5, 0.6) is 0 Å². The summed E-state index contributed by atoms with van der Waals surface area (Å²) < 4.78 is 5.88. The minimum absolute atomic E-state index is 0.0361. The molecule has 31 heavy (non-hydrogen) atoms. The predicted octanol–water partition coefficient (Wildman–Crippen LogP) is 3.83. The molecule has 1 aliphatic heterocycles. The highest BCUT2D eigenvalue weighted by atomic mass is 16.4. The summed E-state index contributed by atoms with van der Waals surface area (Å²) in [6, 6.07) is 9.63. The number of fused-ring (bicyclic) bond motifs is 1. The SMILES string of the molecule is CCCC(Cc1c[nH]c2ccccc12)NC(=O)c1cnc(N2CC(C)N(C)[C@H](C)C2)o1. The number of carbonyl (C=O) groups is 1. The molecule has 2 N–H and O–H groups in total. The summed E-state index contributed by atoms with van der Waals surface area (Å²) in [6.45, 7) is 8.19. The average molecular weight is 424 g/mol. The molecule has 3 atom stereocenters. The summed E-state index contributed by atoms with van der Waals surface area (Å²) in [4.78, 5) is 25.1. The van der Waals surface area contributed by atoms with Gasteiger partial charge in [-0.25, -0.2) is 4.98 Å². The van der Waals surface area contributed by atoms with E-state index in [9.17, 15) is 4.79 Å². The Labute approximate surface area is 183 Å². The number of para-hydroxylation sites is 1. The smallest absolute Gasteiger partial charge is 0.298 e. The van der Waals surface area contributed by atoms with Gasteiger partial charge in [-0.1, -0.05) is 31.5 Å². The summed E-state index contributed by atoms with van der Waals surface area (Å²) in [5.41, 5.74) is 2.34. The molecule has 166 valence electrons. The van der Waals surface area contributed by atoms with Crippen LogP contribution in [0, 0.1) is 0 Å². The number of amides is 1. The number of oxazole rings is 1. The fraction of sp³-hybridized carbons (Fsp3) is 0.500. The molecule has 2 unspecified atom stereocenters. The maximum Gasteiger partial charge on any atom is 0.298 e. The molecule has 4 rings (SSSR count). The van der Waals surface area contributed by atoms with E-state index in [1.807, 2.05) is 18.3 Å². The van der Waals surface area contributed by atoms with Crippen LogP contribution >= 0.6 is 0 Å². The minimum Gasteiger partial charge on any atom is -0.418 e. The summed E-state index contributed by atoms with van der Waals surface area (Å²) >= 11 is 0. The molecule has 1 saturated heterocycles. The molecule has 3 aromatic rings. The van der Waals surface area contributed by atoms with Crippen molar-refractivity contribution in [3.8, 4) is 0 Å². The lowest BCUT2D eigenvalue weighted by Crippen LogP contribution is -2.55. The van der Waals surface area contributed by atoms with E-state index in [1.54, 1.807) is 6.20 Å². The van der Waals surface area contributed by atoms with Crippen molar-refractivity contribution < 1.29 is 9.21 Å². The zero-order chi connectivity index (χ0) is 22.0. The second kappa shape index (κ2) is 9.14. The largest absolute Gasteiger partial charge is 0.418 e. The predicted molar refractivity (Wildman–Crippen MR) is 124 cm³/mol. The summed E-state index contributed by atoms with van der Waals surface area (Å²) in [7, 11) is 2.14. The first-order chi connectivity index (χ1) is 15.0. The van der Waals surface area contributed by atoms with Crippen LogP contribution in [0.2, 0.25) is 0 Å². The van der Waals surface area contributed by atoms with Gasteiger partial charge < -0.3 is 19.6 Å². The normalized spacial score (nSPS) is 20.8. The van der Waals surface area contributed by atoms with Crippen molar-refractivity contribution in [3.63, 3.8) is 0 Å². The Kier molecular flexibility index (Phi) is 6.32. The number of H-pyrrole nitrogens is 1. The van der Waals surface area contributed by atoms with Crippen molar-refractivity contribution in [2.24, 2.45) is 0 Å². The van der Waals surface area contributed by atoms with Gasteiger partial charge in [0.05, 0.1) is 6.20 Å². The second-order valence-corrected chi connectivity index (χ2v) is 8.80. The van der Waals surface area contributed by atoms with Crippen LogP contribution in [-0.4, -0.2) is 59.0 Å². The number of hydrogen-bond donors (Lipinski definition) is 2. The number of hydrogen-bond acceptors (Lipinski definition) is 5. The monoisotopic (exact) mass is 423 g/mol. The molecule has 7 nitrogen and oxygen atoms in total. The third kappa shape index (κ3) is 4.61. The standard InChI is InChI=1S/C24H33N5O2/c1-5-8-19(11-18-12-25-21-10-7-6-9-20(18)21)27-23(30)22-13-26-24(31-22)29-14-16(2)28(4)17(3)15-29/h6-7,9-10,12-13,16-17,19,25H,5,8,11,14-15H2,1-4H3,(H,27,30)/t16-,17?,19?/m1/s1. The Hall–Kier alpha value is -2.80. The van der Waals surface area contributed by atoms with E-state index in [0.717, 1.165) is 37.9 Å². The lowest BCUT2D eigenvalue weighted by Gasteiger charge is -2.41. The molecule has 3 heterocycles. The van der Waals surface area contributed by atoms with Gasteiger partial charge in [-0.3, -0.25) is 9.69 Å². The van der Waals surface area contributed by atoms with E-state index >= 15 is 0 Å². The third-order valence-corrected chi connectivity index (χ3v) is 6.46. The van der Waals surface area contributed by atoms with E-state index in [1.165, 1.54) is 10.9 Å². The van der Waals surface area contributed by atoms with Gasteiger partial charge in [0.1, 0.15) is 0 Å². The summed E-state index contributed by atoms with van der Waals surface area (Å²) in [5.74, 6) is 0.0709. The number of carbonyl (C=O) groups excluding carboxylic acids is 1. The van der Waals surface area contributed by atoms with Crippen molar-refractivity contribution in [1.29, 1.82) is 0 Å². The van der Waals surface area contributed by atoms with Crippen LogP contribution in [0.25, 0.3) is 10.9 Å². The number of aromatic amines is 1. The Morgan fingerprint density at radius 1 is 1.29 bits per heavy atom. The van der Waals surface area contributed by atoms with Gasteiger partial charge in [-0.2, -0.15) is 0 Å². The van der Waals surface area contributed by atoms with Gasteiger partial charge in [-0.15, -0.1) is 0 Å². The highest BCUT2D eigenvalue weighted by Crippen LogP contribution is 2.23. The first kappa shape index (κ1) is 21.4. The molecule has 1 amide bonds. The molecule has 0 aliphatic carbocycles. The van der Waals surface area contributed by atoms with Crippen LogP contribution in [0.4, 0.5) is 6.01 Å². The molecule has 7 heteroatoms. The van der Waals surface area contributed by atoms with Crippen molar-refractivity contribution in [1.82, 2.24) is 20.2 Å². The Bertz CT molecular complexity index is 1010. The molecule has 0 bridgehead atoms. The van der Waals surface area contributed by atoms with Gasteiger partial charge in [-0.05, 0) is 45.4 Å². The molecule has 0 spiro atoms. The molecule has 1 aliphatic rings. The highest BCUT2D eigenvalue weighted by Gasteiger charge is 2.29. The van der Waals surface area contributed by atoms with E-state index < -0.39 is 0 Å². The van der Waals surface area contributed by atoms with E-state index in [0.29, 0.717) is 18.1 Å². The van der Waals surface area contributed by atoms with E-state index in [-0.39, 0.29) is 17.7 Å². The molecule has 1 fully saturated rings. The van der Waals surface area contributed by atoms with Crippen LogP contribution in [0.15, 0.2) is 41.1 Å². The maximum absolute atomic E-state index is 12.9. The maximum atomic E-state index is 12.9. The van der Waals surface area contributed by atoms with Crippen LogP contribution in [0.1, 0.15) is 49.7 Å². The number of likely N-dealkylation sites (N-methyl/N-ethyl adjacent to an activating group) is 1. The molecule has 0 radical (unpaired) electrons. The van der Waals surface area contributed by atoms with Gasteiger partial charge in [0, 0.05) is 48.3 Å². The van der Waals surface area contributed by atoms with Gasteiger partial charge in [0.2, 0.25) is 5.76 Å². The molecule has 1 aromatic carbocycles. The van der Waals surface area contributed by atoms with Gasteiger partial charge in [0.15, 0.2) is 0 Å². The number of nitrogens with zero attached hydrogens (tertiary/aromatic N) is 3. The van der Waals surface area contributed by atoms with E-state index in [4.69, 9.17) is 4.42 Å². The highest BCUT2D eigenvalue weighted by molar-refractivity contribution is 5.91. The first-order valence-corrected chi connectivity index (χ1v) is 11.2. The van der Waals surface area contributed by atoms with Crippen molar-refractivity contribution >= 4 is 22.8 Å². The van der Waals surface area contributed by atoms with Gasteiger partial charge in [0.25, 0.3) is 11.9 Å². The van der Waals surface area contributed by atoms with Gasteiger partial charge >= 0.3 is 0 Å². The third-order valence-electron chi connectivity index (χ3n) is 6.46. The van der Waals surface area contributed by atoms with Crippen molar-refractivity contribution in [3.05, 3.63) is 48.0 Å². The minimum atomic E-state index is -0.202. The molecule has 2 aromatic heterocycles. The zero-order valence-corrected chi connectivity index (χ0v) is 18.9. The Morgan fingerprint density at radius 2 is 2.03 bits per heavy atom. The molecule has 0 saturated carbocycles. The number of nitrogens with one attached hydrogen (secondary N) is 2. The van der Waals surface area contributed by atoms with Crippen LogP contribution in [0.3, 0.4) is 0 Å². The number of aromatic nitrogens is 2. The number of rotatable bonds is 7. The number of benzene rings is 1. The Morgan fingerprint density at radius 3 is 2.77 bits per heavy atom. The fourth-order valence-corrected chi connectivity index (χ4v) is 4.47. The van der Waals surface area contributed by atoms with Crippen LogP contribution in [-0.2, 0) is 6.42 Å². The van der Waals surface area contributed by atoms with E-state index in [2.05, 4.69) is 65.0 Å². The van der Waals surface area contributed by atoms with Crippen LogP contribution < -0.4 is 10.2 Å². The lowest BCUT2D eigenvalue weighted by atomic mass is 10.0. The quantitative estimate of drug-likeness (QED) is 0.604. The summed E-state index contributed by atoms with van der Waals surface area (Å²) in [5, 5.41) is 4.37. The topological polar surface area (TPSA) is 77.4 Å². The molecular weight excluding hydrogens is 390 g/mol. The molecular formula is C24H33N5O2. The summed E-state index contributed by atoms with van der Waals surface area (Å²) in [6.07, 6.45) is 6.26. The van der Waals surface area contributed by atoms with Crippen molar-refractivity contribution in [2.45, 2.75) is 58.2 Å². The average Bonchev–Trinajstić information content (AvgIpc) is 3.40. The number of piperazine rings is 1.